The number of nitrogens with one attached hydrogen (secondary N) is 1. The first-order valence-corrected chi connectivity index (χ1v) is 10.1. The molecule has 3 rings (SSSR count). The number of amides is 2. The van der Waals surface area contributed by atoms with E-state index in [0.29, 0.717) is 6.42 Å². The largest absolute Gasteiger partial charge is 0.350 e. The molecule has 134 valence electrons. The maximum atomic E-state index is 12.6. The Morgan fingerprint density at radius 2 is 2.04 bits per heavy atom. The van der Waals surface area contributed by atoms with Gasteiger partial charge in [0.15, 0.2) is 9.84 Å². The van der Waals surface area contributed by atoms with Crippen molar-refractivity contribution in [2.45, 2.75) is 38.3 Å². The second kappa shape index (κ2) is 6.29. The van der Waals surface area contributed by atoms with Crippen LogP contribution in [0.1, 0.15) is 43.9 Å². The van der Waals surface area contributed by atoms with E-state index in [0.717, 1.165) is 11.1 Å². The fourth-order valence-corrected chi connectivity index (χ4v) is 5.68. The predicted octanol–water partition coefficient (Wildman–Crippen LogP) is 1.64. The van der Waals surface area contributed by atoms with Crippen LogP contribution in [0.25, 0.3) is 6.08 Å². The molecule has 2 atom stereocenters. The first kappa shape index (κ1) is 17.7. The maximum Gasteiger partial charge on any atom is 0.223 e. The summed E-state index contributed by atoms with van der Waals surface area (Å²) in [6.45, 7) is 3.22. The molecular weight excluding hydrogens is 340 g/mol. The summed E-state index contributed by atoms with van der Waals surface area (Å²) in [4.78, 5) is 26.1. The van der Waals surface area contributed by atoms with Crippen molar-refractivity contribution in [3.63, 3.8) is 0 Å². The highest BCUT2D eigenvalue weighted by atomic mass is 32.2. The van der Waals surface area contributed by atoms with Gasteiger partial charge in [-0.05, 0) is 30.5 Å². The lowest BCUT2D eigenvalue weighted by molar-refractivity contribution is -0.130. The van der Waals surface area contributed by atoms with Crippen molar-refractivity contribution in [2.24, 2.45) is 0 Å². The highest BCUT2D eigenvalue weighted by Crippen LogP contribution is 2.33. The number of rotatable bonds is 3. The van der Waals surface area contributed by atoms with Crippen LogP contribution in [0.4, 0.5) is 0 Å². The third-order valence-corrected chi connectivity index (χ3v) is 6.70. The topological polar surface area (TPSA) is 83.6 Å². The summed E-state index contributed by atoms with van der Waals surface area (Å²) in [7, 11) is -3.10. The van der Waals surface area contributed by atoms with Crippen LogP contribution in [0.5, 0.6) is 0 Å². The highest BCUT2D eigenvalue weighted by molar-refractivity contribution is 7.91. The van der Waals surface area contributed by atoms with Gasteiger partial charge in [-0.25, -0.2) is 8.42 Å². The number of fused-ring (bicyclic) bond motifs is 1. The summed E-state index contributed by atoms with van der Waals surface area (Å²) in [6.07, 6.45) is 4.07. The van der Waals surface area contributed by atoms with Crippen LogP contribution in [0.15, 0.2) is 30.5 Å². The Morgan fingerprint density at radius 3 is 2.68 bits per heavy atom. The van der Waals surface area contributed by atoms with E-state index in [9.17, 15) is 18.0 Å². The molecule has 0 bridgehead atoms. The van der Waals surface area contributed by atoms with Crippen LogP contribution in [0, 0.1) is 0 Å². The normalized spacial score (nSPS) is 27.0. The SMILES string of the molecule is CC(=O)N1C=Cc2ccccc2[C@H]1CC(=O)N[C@@]1(C)CCS(=O)(=O)C1. The molecule has 0 spiro atoms. The minimum absolute atomic E-state index is 0.0384. The van der Waals surface area contributed by atoms with Crippen LogP contribution in [0.3, 0.4) is 0 Å². The van der Waals surface area contributed by atoms with E-state index in [2.05, 4.69) is 5.32 Å². The van der Waals surface area contributed by atoms with Gasteiger partial charge in [0.05, 0.1) is 29.5 Å². The van der Waals surface area contributed by atoms with Gasteiger partial charge in [0.1, 0.15) is 0 Å². The average molecular weight is 362 g/mol. The van der Waals surface area contributed by atoms with Crippen molar-refractivity contribution in [3.8, 4) is 0 Å². The van der Waals surface area contributed by atoms with Crippen molar-refractivity contribution in [1.29, 1.82) is 0 Å². The molecule has 0 aromatic heterocycles. The molecule has 1 aromatic carbocycles. The lowest BCUT2D eigenvalue weighted by atomic mass is 9.93. The summed E-state index contributed by atoms with van der Waals surface area (Å²) in [5.41, 5.74) is 1.16. The Labute approximate surface area is 147 Å². The molecule has 25 heavy (non-hydrogen) atoms. The molecular formula is C18H22N2O4S. The zero-order valence-electron chi connectivity index (χ0n) is 14.4. The number of sulfone groups is 1. The minimum atomic E-state index is -3.10. The quantitative estimate of drug-likeness (QED) is 0.886. The van der Waals surface area contributed by atoms with Crippen molar-refractivity contribution in [1.82, 2.24) is 10.2 Å². The van der Waals surface area contributed by atoms with E-state index in [1.54, 1.807) is 18.0 Å². The summed E-state index contributed by atoms with van der Waals surface area (Å²) in [5.74, 6) is -0.332. The number of carbonyl (C=O) groups excluding carboxylic acids is 2. The van der Waals surface area contributed by atoms with Crippen molar-refractivity contribution < 1.29 is 18.0 Å². The lowest BCUT2D eigenvalue weighted by Gasteiger charge is -2.33. The number of benzene rings is 1. The molecule has 2 aliphatic rings. The van der Waals surface area contributed by atoms with Crippen LogP contribution in [-0.4, -0.2) is 42.2 Å². The first-order chi connectivity index (χ1) is 11.7. The van der Waals surface area contributed by atoms with Gasteiger partial charge >= 0.3 is 0 Å². The standard InChI is InChI=1S/C18H22N2O4S/c1-13(21)20-9-7-14-5-3-4-6-15(14)16(20)11-17(22)19-18(2)8-10-25(23,24)12-18/h3-7,9,16H,8,10-12H2,1-2H3,(H,19,22)/t16-,18+/m1/s1. The van der Waals surface area contributed by atoms with Gasteiger partial charge in [-0.3, -0.25) is 9.59 Å². The minimum Gasteiger partial charge on any atom is -0.350 e. The van der Waals surface area contributed by atoms with Gasteiger partial charge < -0.3 is 10.2 Å². The molecule has 7 heteroatoms. The van der Waals surface area contributed by atoms with Crippen LogP contribution >= 0.6 is 0 Å². The van der Waals surface area contributed by atoms with Gasteiger partial charge in [0.25, 0.3) is 0 Å². The molecule has 1 aromatic rings. The molecule has 2 aliphatic heterocycles. The van der Waals surface area contributed by atoms with Gasteiger partial charge in [-0.15, -0.1) is 0 Å². The summed E-state index contributed by atoms with van der Waals surface area (Å²) in [5, 5.41) is 2.87. The second-order valence-corrected chi connectivity index (χ2v) is 9.23. The maximum absolute atomic E-state index is 12.6. The molecule has 0 unspecified atom stereocenters. The van der Waals surface area contributed by atoms with Crippen LogP contribution in [0.2, 0.25) is 0 Å². The Hall–Kier alpha value is -2.15. The molecule has 0 aliphatic carbocycles. The molecule has 1 N–H and O–H groups in total. The lowest BCUT2D eigenvalue weighted by Crippen LogP contribution is -2.48. The fraction of sp³-hybridized carbons (Fsp3) is 0.444. The fourth-order valence-electron chi connectivity index (χ4n) is 3.59. The smallest absolute Gasteiger partial charge is 0.223 e. The van der Waals surface area contributed by atoms with Gasteiger partial charge in [0, 0.05) is 13.1 Å². The Morgan fingerprint density at radius 1 is 1.32 bits per heavy atom. The van der Waals surface area contributed by atoms with E-state index in [1.165, 1.54) is 6.92 Å². The Bertz CT molecular complexity index is 846. The molecule has 0 radical (unpaired) electrons. The number of nitrogens with zero attached hydrogens (tertiary/aromatic N) is 1. The Kier molecular flexibility index (Phi) is 4.45. The van der Waals surface area contributed by atoms with Gasteiger partial charge in [0.2, 0.25) is 11.8 Å². The third kappa shape index (κ3) is 3.76. The molecule has 2 heterocycles. The summed E-state index contributed by atoms with van der Waals surface area (Å²) < 4.78 is 23.4. The van der Waals surface area contributed by atoms with Crippen molar-refractivity contribution in [3.05, 3.63) is 41.6 Å². The Balaban J connectivity index is 1.79. The van der Waals surface area contributed by atoms with E-state index >= 15 is 0 Å². The summed E-state index contributed by atoms with van der Waals surface area (Å²) in [6, 6.07) is 7.26. The number of carbonyl (C=O) groups is 2. The molecule has 6 nitrogen and oxygen atoms in total. The van der Waals surface area contributed by atoms with Crippen LogP contribution in [-0.2, 0) is 19.4 Å². The highest BCUT2D eigenvalue weighted by Gasteiger charge is 2.40. The summed E-state index contributed by atoms with van der Waals surface area (Å²) >= 11 is 0. The molecule has 2 amide bonds. The molecule has 1 fully saturated rings. The van der Waals surface area contributed by atoms with Crippen molar-refractivity contribution >= 4 is 27.7 Å². The van der Waals surface area contributed by atoms with Crippen LogP contribution < -0.4 is 5.32 Å². The van der Waals surface area contributed by atoms with E-state index in [4.69, 9.17) is 0 Å². The zero-order chi connectivity index (χ0) is 18.2. The first-order valence-electron chi connectivity index (χ1n) is 8.27. The molecule has 0 saturated carbocycles. The van der Waals surface area contributed by atoms with Gasteiger partial charge in [-0.2, -0.15) is 0 Å². The zero-order valence-corrected chi connectivity index (χ0v) is 15.2. The monoisotopic (exact) mass is 362 g/mol. The third-order valence-electron chi connectivity index (χ3n) is 4.79. The molecule has 1 saturated heterocycles. The number of hydrogen-bond donors (Lipinski definition) is 1. The van der Waals surface area contributed by atoms with E-state index in [-0.39, 0.29) is 35.8 Å². The average Bonchev–Trinajstić information content (AvgIpc) is 2.80. The van der Waals surface area contributed by atoms with Crippen molar-refractivity contribution in [2.75, 3.05) is 11.5 Å². The van der Waals surface area contributed by atoms with E-state index < -0.39 is 15.4 Å². The second-order valence-electron chi connectivity index (χ2n) is 7.04. The number of hydrogen-bond acceptors (Lipinski definition) is 4. The van der Waals surface area contributed by atoms with E-state index in [1.807, 2.05) is 30.3 Å². The predicted molar refractivity (Wildman–Crippen MR) is 95.2 cm³/mol. The van der Waals surface area contributed by atoms with Gasteiger partial charge in [-0.1, -0.05) is 24.3 Å².